The quantitative estimate of drug-likeness (QED) is 0.595. The first-order chi connectivity index (χ1) is 5.35. The topological polar surface area (TPSA) is 49.8 Å². The highest BCUT2D eigenvalue weighted by molar-refractivity contribution is 4.82. The highest BCUT2D eigenvalue weighted by atomic mass is 14.5. The lowest BCUT2D eigenvalue weighted by Crippen LogP contribution is -2.11. The van der Waals surface area contributed by atoms with Crippen molar-refractivity contribution in [2.75, 3.05) is 6.54 Å². The maximum Gasteiger partial charge on any atom is 0.0669 e. The van der Waals surface area contributed by atoms with Crippen LogP contribution in [-0.2, 0) is 0 Å². The van der Waals surface area contributed by atoms with Gasteiger partial charge in [0.1, 0.15) is 0 Å². The van der Waals surface area contributed by atoms with Gasteiger partial charge in [0.25, 0.3) is 0 Å². The minimum Gasteiger partial charge on any atom is -0.329 e. The average molecular weight is 154 g/mol. The van der Waals surface area contributed by atoms with Crippen molar-refractivity contribution in [1.82, 2.24) is 0 Å². The number of hydrogen-bond acceptors (Lipinski definition) is 2. The van der Waals surface area contributed by atoms with E-state index in [4.69, 9.17) is 11.0 Å². The summed E-state index contributed by atoms with van der Waals surface area (Å²) in [6.45, 7) is 2.70. The van der Waals surface area contributed by atoms with Gasteiger partial charge in [0, 0.05) is 6.54 Å². The first kappa shape index (κ1) is 10.4. The van der Waals surface area contributed by atoms with Crippen molar-refractivity contribution >= 4 is 0 Å². The van der Waals surface area contributed by atoms with Crippen LogP contribution in [0.3, 0.4) is 0 Å². The molecule has 0 fully saturated rings. The van der Waals surface area contributed by atoms with Crippen molar-refractivity contribution in [1.29, 1.82) is 5.26 Å². The van der Waals surface area contributed by atoms with Crippen LogP contribution in [-0.4, -0.2) is 6.54 Å². The smallest absolute Gasteiger partial charge is 0.0669 e. The highest BCUT2D eigenvalue weighted by Crippen LogP contribution is 2.08. The molecule has 0 amide bonds. The van der Waals surface area contributed by atoms with Gasteiger partial charge in [-0.2, -0.15) is 5.26 Å². The monoisotopic (exact) mass is 154 g/mol. The van der Waals surface area contributed by atoms with E-state index in [1.807, 2.05) is 0 Å². The highest BCUT2D eigenvalue weighted by Gasteiger charge is 2.02. The van der Waals surface area contributed by atoms with E-state index >= 15 is 0 Å². The molecule has 0 aliphatic heterocycles. The second-order valence-electron chi connectivity index (χ2n) is 2.91. The molecule has 1 unspecified atom stereocenters. The van der Waals surface area contributed by atoms with Gasteiger partial charge in [-0.1, -0.05) is 32.6 Å². The minimum absolute atomic E-state index is 0.0897. The van der Waals surface area contributed by atoms with Crippen molar-refractivity contribution in [3.05, 3.63) is 0 Å². The summed E-state index contributed by atoms with van der Waals surface area (Å²) in [5.41, 5.74) is 5.38. The molecule has 64 valence electrons. The van der Waals surface area contributed by atoms with Crippen molar-refractivity contribution in [2.24, 2.45) is 11.7 Å². The van der Waals surface area contributed by atoms with E-state index in [1.165, 1.54) is 19.3 Å². The molecular weight excluding hydrogens is 136 g/mol. The fourth-order valence-corrected chi connectivity index (χ4v) is 1.05. The number of unbranched alkanes of at least 4 members (excludes halogenated alkanes) is 3. The van der Waals surface area contributed by atoms with Crippen LogP contribution in [0.25, 0.3) is 0 Å². The lowest BCUT2D eigenvalue weighted by atomic mass is 10.0. The molecule has 0 spiro atoms. The largest absolute Gasteiger partial charge is 0.329 e. The zero-order valence-corrected chi connectivity index (χ0v) is 7.34. The number of nitrogens with two attached hydrogens (primary N) is 1. The Labute approximate surface area is 69.4 Å². The molecule has 0 saturated carbocycles. The molecule has 11 heavy (non-hydrogen) atoms. The van der Waals surface area contributed by atoms with Crippen molar-refractivity contribution in [2.45, 2.75) is 39.0 Å². The molecule has 0 bridgehead atoms. The molecule has 2 nitrogen and oxygen atoms in total. The normalized spacial score (nSPS) is 12.5. The third-order valence-electron chi connectivity index (χ3n) is 1.87. The zero-order valence-electron chi connectivity index (χ0n) is 7.34. The summed E-state index contributed by atoms with van der Waals surface area (Å²) in [4.78, 5) is 0. The minimum atomic E-state index is 0.0897. The summed E-state index contributed by atoms with van der Waals surface area (Å²) in [7, 11) is 0. The van der Waals surface area contributed by atoms with Gasteiger partial charge in [0.2, 0.25) is 0 Å². The average Bonchev–Trinajstić information content (AvgIpc) is 2.05. The second kappa shape index (κ2) is 7.56. The molecule has 0 radical (unpaired) electrons. The maximum absolute atomic E-state index is 8.55. The van der Waals surface area contributed by atoms with Gasteiger partial charge in [-0.15, -0.1) is 0 Å². The summed E-state index contributed by atoms with van der Waals surface area (Å²) in [5.74, 6) is 0.0897. The Hall–Kier alpha value is -0.550. The Kier molecular flexibility index (Phi) is 7.18. The van der Waals surface area contributed by atoms with Crippen molar-refractivity contribution < 1.29 is 0 Å². The van der Waals surface area contributed by atoms with Gasteiger partial charge in [0.15, 0.2) is 0 Å². The Morgan fingerprint density at radius 3 is 2.55 bits per heavy atom. The SMILES string of the molecule is CCCCCCC(C#N)CN. The molecule has 2 heteroatoms. The van der Waals surface area contributed by atoms with Gasteiger partial charge in [-0.3, -0.25) is 0 Å². The van der Waals surface area contributed by atoms with Crippen LogP contribution in [0.15, 0.2) is 0 Å². The van der Waals surface area contributed by atoms with Crippen molar-refractivity contribution in [3.63, 3.8) is 0 Å². The molecular formula is C9H18N2. The van der Waals surface area contributed by atoms with Crippen molar-refractivity contribution in [3.8, 4) is 6.07 Å². The molecule has 1 atom stereocenters. The molecule has 0 aliphatic carbocycles. The van der Waals surface area contributed by atoms with E-state index in [2.05, 4.69) is 13.0 Å². The molecule has 2 N–H and O–H groups in total. The van der Waals surface area contributed by atoms with Crippen LogP contribution < -0.4 is 5.73 Å². The predicted octanol–water partition coefficient (Wildman–Crippen LogP) is 2.06. The van der Waals surface area contributed by atoms with E-state index in [0.29, 0.717) is 6.54 Å². The number of nitrogens with zero attached hydrogens (tertiary/aromatic N) is 1. The van der Waals surface area contributed by atoms with E-state index < -0.39 is 0 Å². The zero-order chi connectivity index (χ0) is 8.53. The van der Waals surface area contributed by atoms with Crippen LogP contribution in [0.2, 0.25) is 0 Å². The number of rotatable bonds is 6. The van der Waals surface area contributed by atoms with E-state index in [1.54, 1.807) is 0 Å². The molecule has 0 aliphatic rings. The fourth-order valence-electron chi connectivity index (χ4n) is 1.05. The summed E-state index contributed by atoms with van der Waals surface area (Å²) >= 11 is 0. The molecule has 0 heterocycles. The summed E-state index contributed by atoms with van der Waals surface area (Å²) in [5, 5.41) is 8.55. The first-order valence-corrected chi connectivity index (χ1v) is 4.44. The summed E-state index contributed by atoms with van der Waals surface area (Å²) < 4.78 is 0. The molecule has 0 aromatic carbocycles. The molecule has 0 aromatic rings. The Morgan fingerprint density at radius 2 is 2.09 bits per heavy atom. The Morgan fingerprint density at radius 1 is 1.36 bits per heavy atom. The molecule has 0 aromatic heterocycles. The maximum atomic E-state index is 8.55. The number of nitriles is 1. The van der Waals surface area contributed by atoms with Crippen LogP contribution in [0.5, 0.6) is 0 Å². The van der Waals surface area contributed by atoms with Gasteiger partial charge < -0.3 is 5.73 Å². The lowest BCUT2D eigenvalue weighted by molar-refractivity contribution is 0.545. The third-order valence-corrected chi connectivity index (χ3v) is 1.87. The van der Waals surface area contributed by atoms with Crippen LogP contribution in [0, 0.1) is 17.2 Å². The summed E-state index contributed by atoms with van der Waals surface area (Å²) in [6, 6.07) is 2.20. The Bertz CT molecular complexity index is 115. The molecule has 0 saturated heterocycles. The Balaban J connectivity index is 3.16. The van der Waals surface area contributed by atoms with E-state index in [-0.39, 0.29) is 5.92 Å². The first-order valence-electron chi connectivity index (χ1n) is 4.44. The number of hydrogen-bond donors (Lipinski definition) is 1. The van der Waals surface area contributed by atoms with E-state index in [0.717, 1.165) is 12.8 Å². The summed E-state index contributed by atoms with van der Waals surface area (Å²) in [6.07, 6.45) is 5.91. The van der Waals surface area contributed by atoms with Crippen LogP contribution in [0.4, 0.5) is 0 Å². The third kappa shape index (κ3) is 5.87. The van der Waals surface area contributed by atoms with E-state index in [9.17, 15) is 0 Å². The predicted molar refractivity (Wildman–Crippen MR) is 46.9 cm³/mol. The lowest BCUT2D eigenvalue weighted by Gasteiger charge is -2.03. The standard InChI is InChI=1S/C9H18N2/c1-2-3-4-5-6-9(7-10)8-11/h9H,2-7,10H2,1H3. The van der Waals surface area contributed by atoms with Crippen LogP contribution >= 0.6 is 0 Å². The van der Waals surface area contributed by atoms with Gasteiger partial charge in [-0.25, -0.2) is 0 Å². The van der Waals surface area contributed by atoms with Gasteiger partial charge in [-0.05, 0) is 6.42 Å². The van der Waals surface area contributed by atoms with Gasteiger partial charge in [0.05, 0.1) is 12.0 Å². The molecule has 0 rings (SSSR count). The fraction of sp³-hybridized carbons (Fsp3) is 0.889. The van der Waals surface area contributed by atoms with Gasteiger partial charge >= 0.3 is 0 Å². The second-order valence-corrected chi connectivity index (χ2v) is 2.91. The van der Waals surface area contributed by atoms with Crippen LogP contribution in [0.1, 0.15) is 39.0 Å².